The quantitative estimate of drug-likeness (QED) is 0.658. The zero-order valence-corrected chi connectivity index (χ0v) is 13.9. The average molecular weight is 352 g/mol. The predicted molar refractivity (Wildman–Crippen MR) is 88.7 cm³/mol. The molecular formula is C17H15Cl2NO3. The lowest BCUT2D eigenvalue weighted by atomic mass is 9.68. The summed E-state index contributed by atoms with van der Waals surface area (Å²) in [4.78, 5) is 23.0. The molecule has 3 unspecified atom stereocenters. The second kappa shape index (κ2) is 5.11. The van der Waals surface area contributed by atoms with Crippen molar-refractivity contribution in [2.24, 2.45) is 0 Å². The Kier molecular flexibility index (Phi) is 3.58. The minimum absolute atomic E-state index is 0.0130. The molecule has 0 spiro atoms. The maximum absolute atomic E-state index is 12.8. The Morgan fingerprint density at radius 3 is 2.57 bits per heavy atom. The minimum Gasteiger partial charge on any atom is -0.508 e. The monoisotopic (exact) mass is 351 g/mol. The van der Waals surface area contributed by atoms with E-state index in [1.165, 1.54) is 13.1 Å². The SMILES string of the molecule is C=CC1=CCC2(Cl)C(=O)N(C)C(=O)C2(Cl)C1c1ccccc1O. The van der Waals surface area contributed by atoms with Gasteiger partial charge >= 0.3 is 0 Å². The number of aromatic hydroxyl groups is 1. The summed E-state index contributed by atoms with van der Waals surface area (Å²) in [6, 6.07) is 6.57. The zero-order chi connectivity index (χ0) is 17.0. The van der Waals surface area contributed by atoms with Crippen molar-refractivity contribution in [1.82, 2.24) is 4.90 Å². The Hall–Kier alpha value is -1.78. The van der Waals surface area contributed by atoms with Crippen molar-refractivity contribution < 1.29 is 14.7 Å². The van der Waals surface area contributed by atoms with Crippen LogP contribution in [-0.4, -0.2) is 38.6 Å². The van der Waals surface area contributed by atoms with Gasteiger partial charge in [-0.25, -0.2) is 0 Å². The van der Waals surface area contributed by atoms with Crippen LogP contribution in [0.25, 0.3) is 0 Å². The summed E-state index contributed by atoms with van der Waals surface area (Å²) in [5.41, 5.74) is 1.10. The second-order valence-corrected chi connectivity index (χ2v) is 7.03. The number of halogens is 2. The Morgan fingerprint density at radius 2 is 1.96 bits per heavy atom. The molecule has 1 aromatic rings. The highest BCUT2D eigenvalue weighted by molar-refractivity contribution is 6.53. The molecular weight excluding hydrogens is 337 g/mol. The van der Waals surface area contributed by atoms with Gasteiger partial charge < -0.3 is 5.11 Å². The number of likely N-dealkylation sites (tertiary alicyclic amines) is 1. The third-order valence-corrected chi connectivity index (χ3v) is 6.08. The number of carbonyl (C=O) groups is 2. The summed E-state index contributed by atoms with van der Waals surface area (Å²) in [7, 11) is 1.37. The van der Waals surface area contributed by atoms with E-state index in [0.29, 0.717) is 11.1 Å². The molecule has 120 valence electrons. The molecule has 6 heteroatoms. The summed E-state index contributed by atoms with van der Waals surface area (Å²) in [6.45, 7) is 3.76. The molecule has 1 N–H and O–H groups in total. The van der Waals surface area contributed by atoms with Gasteiger partial charge in [0.1, 0.15) is 5.75 Å². The van der Waals surface area contributed by atoms with E-state index in [9.17, 15) is 14.7 Å². The van der Waals surface area contributed by atoms with E-state index in [2.05, 4.69) is 6.58 Å². The third kappa shape index (κ3) is 1.85. The van der Waals surface area contributed by atoms with Gasteiger partial charge in [-0.2, -0.15) is 0 Å². The molecule has 1 aliphatic heterocycles. The van der Waals surface area contributed by atoms with Crippen LogP contribution < -0.4 is 0 Å². The van der Waals surface area contributed by atoms with Gasteiger partial charge in [0, 0.05) is 18.5 Å². The van der Waals surface area contributed by atoms with Crippen LogP contribution in [0.1, 0.15) is 17.9 Å². The molecule has 23 heavy (non-hydrogen) atoms. The molecule has 1 saturated heterocycles. The fraction of sp³-hybridized carbons (Fsp3) is 0.294. The van der Waals surface area contributed by atoms with E-state index < -0.39 is 27.5 Å². The number of phenolic OH excluding ortho intramolecular Hbond substituents is 1. The molecule has 0 bridgehead atoms. The van der Waals surface area contributed by atoms with Crippen LogP contribution in [0.5, 0.6) is 5.75 Å². The fourth-order valence-corrected chi connectivity index (χ4v) is 4.37. The van der Waals surface area contributed by atoms with Gasteiger partial charge in [0.25, 0.3) is 11.8 Å². The first-order valence-corrected chi connectivity index (χ1v) is 7.85. The Bertz CT molecular complexity index is 760. The number of nitrogens with zero attached hydrogens (tertiary/aromatic N) is 1. The van der Waals surface area contributed by atoms with Gasteiger partial charge in [0.05, 0.1) is 0 Å². The first-order chi connectivity index (χ1) is 10.8. The fourth-order valence-electron chi connectivity index (χ4n) is 3.45. The van der Waals surface area contributed by atoms with Crippen LogP contribution in [0.4, 0.5) is 0 Å². The first kappa shape index (κ1) is 16.1. The molecule has 1 fully saturated rings. The van der Waals surface area contributed by atoms with Crippen molar-refractivity contribution in [3.63, 3.8) is 0 Å². The molecule has 4 nitrogen and oxygen atoms in total. The van der Waals surface area contributed by atoms with Crippen LogP contribution in [0.3, 0.4) is 0 Å². The van der Waals surface area contributed by atoms with Crippen molar-refractivity contribution in [2.75, 3.05) is 7.05 Å². The number of allylic oxidation sites excluding steroid dienone is 3. The molecule has 0 saturated carbocycles. The maximum Gasteiger partial charge on any atom is 0.253 e. The Morgan fingerprint density at radius 1 is 1.30 bits per heavy atom. The molecule has 1 heterocycles. The van der Waals surface area contributed by atoms with Crippen molar-refractivity contribution in [2.45, 2.75) is 22.1 Å². The van der Waals surface area contributed by atoms with Crippen LogP contribution >= 0.6 is 23.2 Å². The summed E-state index contributed by atoms with van der Waals surface area (Å²) in [5.74, 6) is -1.88. The highest BCUT2D eigenvalue weighted by Crippen LogP contribution is 2.59. The number of rotatable bonds is 2. The van der Waals surface area contributed by atoms with E-state index >= 15 is 0 Å². The molecule has 1 aromatic carbocycles. The van der Waals surface area contributed by atoms with E-state index in [1.54, 1.807) is 30.4 Å². The lowest BCUT2D eigenvalue weighted by molar-refractivity contribution is -0.137. The topological polar surface area (TPSA) is 57.6 Å². The number of amides is 2. The van der Waals surface area contributed by atoms with Crippen LogP contribution in [0.15, 0.2) is 48.6 Å². The van der Waals surface area contributed by atoms with Crippen molar-refractivity contribution >= 4 is 35.0 Å². The average Bonchev–Trinajstić information content (AvgIpc) is 2.67. The van der Waals surface area contributed by atoms with Crippen LogP contribution in [0, 0.1) is 0 Å². The molecule has 2 aliphatic rings. The van der Waals surface area contributed by atoms with Gasteiger partial charge in [-0.15, -0.1) is 23.2 Å². The van der Waals surface area contributed by atoms with Crippen molar-refractivity contribution in [1.29, 1.82) is 0 Å². The van der Waals surface area contributed by atoms with E-state index in [1.807, 2.05) is 0 Å². The van der Waals surface area contributed by atoms with E-state index in [-0.39, 0.29) is 12.2 Å². The standard InChI is InChI=1S/C17H15Cl2NO3/c1-3-10-8-9-16(18)14(22)20(2)15(23)17(16,19)13(10)11-6-4-5-7-12(11)21/h3-8,13,21H,1,9H2,2H3. The summed E-state index contributed by atoms with van der Waals surface area (Å²) in [6.07, 6.45) is 3.45. The van der Waals surface area contributed by atoms with Gasteiger partial charge in [-0.05, 0) is 18.1 Å². The number of alkyl halides is 2. The third-order valence-electron chi connectivity index (χ3n) is 4.67. The van der Waals surface area contributed by atoms with Gasteiger partial charge in [0.15, 0.2) is 9.75 Å². The minimum atomic E-state index is -1.71. The van der Waals surface area contributed by atoms with Gasteiger partial charge in [-0.3, -0.25) is 14.5 Å². The summed E-state index contributed by atoms with van der Waals surface area (Å²) >= 11 is 13.3. The molecule has 0 aromatic heterocycles. The number of para-hydroxylation sites is 1. The van der Waals surface area contributed by atoms with Crippen molar-refractivity contribution in [3.8, 4) is 5.75 Å². The number of fused-ring (bicyclic) bond motifs is 1. The molecule has 2 amide bonds. The molecule has 1 aliphatic carbocycles. The Labute approximate surface area is 144 Å². The van der Waals surface area contributed by atoms with Crippen LogP contribution in [0.2, 0.25) is 0 Å². The normalized spacial score (nSPS) is 33.4. The van der Waals surface area contributed by atoms with Gasteiger partial charge in [0.2, 0.25) is 0 Å². The highest BCUT2D eigenvalue weighted by Gasteiger charge is 2.72. The number of phenols is 1. The van der Waals surface area contributed by atoms with Gasteiger partial charge in [-0.1, -0.05) is 36.9 Å². The van der Waals surface area contributed by atoms with Crippen molar-refractivity contribution in [3.05, 3.63) is 54.1 Å². The summed E-state index contributed by atoms with van der Waals surface area (Å²) in [5, 5.41) is 10.2. The zero-order valence-electron chi connectivity index (χ0n) is 12.4. The molecule has 3 rings (SSSR count). The number of hydrogen-bond acceptors (Lipinski definition) is 3. The smallest absolute Gasteiger partial charge is 0.253 e. The summed E-state index contributed by atoms with van der Waals surface area (Å²) < 4.78 is 0. The first-order valence-electron chi connectivity index (χ1n) is 7.10. The molecule has 0 radical (unpaired) electrons. The maximum atomic E-state index is 12.8. The van der Waals surface area contributed by atoms with E-state index in [4.69, 9.17) is 23.2 Å². The largest absolute Gasteiger partial charge is 0.508 e. The number of hydrogen-bond donors (Lipinski definition) is 1. The number of benzene rings is 1. The highest BCUT2D eigenvalue weighted by atomic mass is 35.5. The number of carbonyl (C=O) groups excluding carboxylic acids is 2. The predicted octanol–water partition coefficient (Wildman–Crippen LogP) is 2.95. The van der Waals surface area contributed by atoms with Crippen LogP contribution in [-0.2, 0) is 9.59 Å². The lowest BCUT2D eigenvalue weighted by Crippen LogP contribution is -2.54. The second-order valence-electron chi connectivity index (χ2n) is 5.79. The van der Waals surface area contributed by atoms with E-state index in [0.717, 1.165) is 4.90 Å². The number of imide groups is 1. The Balaban J connectivity index is 2.31. The molecule has 3 atom stereocenters. The lowest BCUT2D eigenvalue weighted by Gasteiger charge is -2.42.